The van der Waals surface area contributed by atoms with Gasteiger partial charge in [0.15, 0.2) is 0 Å². The molecule has 1 amide bonds. The van der Waals surface area contributed by atoms with Gasteiger partial charge < -0.3 is 10.1 Å². The van der Waals surface area contributed by atoms with Crippen LogP contribution in [0, 0.1) is 5.92 Å². The topological polar surface area (TPSA) is 122 Å². The summed E-state index contributed by atoms with van der Waals surface area (Å²) < 4.78 is 59.8. The standard InChI is InChI=1S/C22H35N3O6S2/c1-15(2)32(27,28)24-20-7-5-18(6-8-20)22(26)23-19-9-11-21(12-10-19)33(29,30)25-13-16(3)31-17(4)14-25/h9-12,15-18,20,24H,5-8,13-14H2,1-4H3,(H,23,26). The first kappa shape index (κ1) is 26.1. The fraction of sp³-hybridized carbons (Fsp3) is 0.682. The van der Waals surface area contributed by atoms with E-state index in [1.54, 1.807) is 26.0 Å². The van der Waals surface area contributed by atoms with Gasteiger partial charge in [-0.2, -0.15) is 4.31 Å². The Labute approximate surface area is 197 Å². The van der Waals surface area contributed by atoms with Crippen molar-refractivity contribution in [1.29, 1.82) is 0 Å². The van der Waals surface area contributed by atoms with E-state index in [1.165, 1.54) is 16.4 Å². The number of morpholine rings is 1. The molecule has 186 valence electrons. The van der Waals surface area contributed by atoms with Crippen LogP contribution in [0.5, 0.6) is 0 Å². The molecule has 0 bridgehead atoms. The van der Waals surface area contributed by atoms with Gasteiger partial charge in [0, 0.05) is 30.7 Å². The lowest BCUT2D eigenvalue weighted by Crippen LogP contribution is -2.48. The number of ether oxygens (including phenoxy) is 1. The van der Waals surface area contributed by atoms with E-state index in [0.717, 1.165) is 0 Å². The van der Waals surface area contributed by atoms with Gasteiger partial charge in [0.2, 0.25) is 26.0 Å². The van der Waals surface area contributed by atoms with Crippen LogP contribution < -0.4 is 10.0 Å². The molecule has 2 aliphatic rings. The monoisotopic (exact) mass is 501 g/mol. The summed E-state index contributed by atoms with van der Waals surface area (Å²) in [5.74, 6) is -0.337. The summed E-state index contributed by atoms with van der Waals surface area (Å²) >= 11 is 0. The molecule has 1 aliphatic heterocycles. The molecule has 1 heterocycles. The lowest BCUT2D eigenvalue weighted by atomic mass is 9.86. The summed E-state index contributed by atoms with van der Waals surface area (Å²) in [4.78, 5) is 12.9. The predicted octanol–water partition coefficient (Wildman–Crippen LogP) is 2.31. The van der Waals surface area contributed by atoms with Gasteiger partial charge in [-0.15, -0.1) is 0 Å². The lowest BCUT2D eigenvalue weighted by Gasteiger charge is -2.34. The molecule has 1 saturated heterocycles. The Hall–Kier alpha value is -1.53. The summed E-state index contributed by atoms with van der Waals surface area (Å²) in [6.45, 7) is 7.59. The van der Waals surface area contributed by atoms with Crippen LogP contribution in [0.4, 0.5) is 5.69 Å². The highest BCUT2D eigenvalue weighted by atomic mass is 32.2. The molecule has 2 fully saturated rings. The molecule has 2 N–H and O–H groups in total. The molecule has 2 unspecified atom stereocenters. The highest BCUT2D eigenvalue weighted by Crippen LogP contribution is 2.27. The van der Waals surface area contributed by atoms with E-state index in [2.05, 4.69) is 10.0 Å². The molecule has 1 saturated carbocycles. The van der Waals surface area contributed by atoms with Crippen molar-refractivity contribution in [3.8, 4) is 0 Å². The van der Waals surface area contributed by atoms with Gasteiger partial charge in [-0.3, -0.25) is 4.79 Å². The smallest absolute Gasteiger partial charge is 0.243 e. The first-order valence-corrected chi connectivity index (χ1v) is 14.4. The quantitative estimate of drug-likeness (QED) is 0.591. The Balaban J connectivity index is 1.55. The van der Waals surface area contributed by atoms with E-state index < -0.39 is 25.3 Å². The van der Waals surface area contributed by atoms with Crippen molar-refractivity contribution < 1.29 is 26.4 Å². The molecule has 1 aliphatic carbocycles. The molecule has 11 heteroatoms. The van der Waals surface area contributed by atoms with Crippen molar-refractivity contribution in [2.45, 2.75) is 81.8 Å². The highest BCUT2D eigenvalue weighted by Gasteiger charge is 2.32. The number of amides is 1. The van der Waals surface area contributed by atoms with Gasteiger partial charge in [-0.1, -0.05) is 0 Å². The molecule has 33 heavy (non-hydrogen) atoms. The molecule has 0 aromatic heterocycles. The van der Waals surface area contributed by atoms with Crippen molar-refractivity contribution in [1.82, 2.24) is 9.03 Å². The number of nitrogens with zero attached hydrogens (tertiary/aromatic N) is 1. The maximum atomic E-state index is 13.0. The Bertz CT molecular complexity index is 1020. The van der Waals surface area contributed by atoms with Gasteiger partial charge in [-0.05, 0) is 77.6 Å². The third-order valence-electron chi connectivity index (χ3n) is 6.20. The van der Waals surface area contributed by atoms with Crippen LogP contribution >= 0.6 is 0 Å². The van der Waals surface area contributed by atoms with Crippen molar-refractivity contribution in [2.75, 3.05) is 18.4 Å². The number of nitrogens with one attached hydrogen (secondary N) is 2. The summed E-state index contributed by atoms with van der Waals surface area (Å²) in [6, 6.07) is 6.07. The van der Waals surface area contributed by atoms with E-state index in [9.17, 15) is 21.6 Å². The first-order valence-electron chi connectivity index (χ1n) is 11.5. The van der Waals surface area contributed by atoms with Crippen LogP contribution in [0.1, 0.15) is 53.4 Å². The largest absolute Gasteiger partial charge is 0.373 e. The average molecular weight is 502 g/mol. The molecular formula is C22H35N3O6S2. The number of hydrogen-bond acceptors (Lipinski definition) is 6. The number of hydrogen-bond donors (Lipinski definition) is 2. The Morgan fingerprint density at radius 3 is 2.03 bits per heavy atom. The Kier molecular flexibility index (Phi) is 8.21. The number of carbonyl (C=O) groups excluding carboxylic acids is 1. The summed E-state index contributed by atoms with van der Waals surface area (Å²) in [5.41, 5.74) is 0.533. The zero-order valence-electron chi connectivity index (χ0n) is 19.7. The zero-order valence-corrected chi connectivity index (χ0v) is 21.3. The molecule has 3 rings (SSSR count). The van der Waals surface area contributed by atoms with E-state index in [-0.39, 0.29) is 35.0 Å². The molecule has 9 nitrogen and oxygen atoms in total. The zero-order chi connectivity index (χ0) is 24.4. The van der Waals surface area contributed by atoms with Crippen molar-refractivity contribution >= 4 is 31.6 Å². The fourth-order valence-electron chi connectivity index (χ4n) is 4.27. The third-order valence-corrected chi connectivity index (χ3v) is 9.94. The number of rotatable bonds is 7. The lowest BCUT2D eigenvalue weighted by molar-refractivity contribution is -0.120. The van der Waals surface area contributed by atoms with Gasteiger partial charge in [0.1, 0.15) is 0 Å². The van der Waals surface area contributed by atoms with Crippen molar-refractivity contribution in [3.63, 3.8) is 0 Å². The minimum atomic E-state index is -3.64. The van der Waals surface area contributed by atoms with Crippen LogP contribution in [-0.4, -0.2) is 63.6 Å². The number of anilines is 1. The second-order valence-electron chi connectivity index (χ2n) is 9.35. The van der Waals surface area contributed by atoms with E-state index in [1.807, 2.05) is 13.8 Å². The van der Waals surface area contributed by atoms with Crippen molar-refractivity contribution in [2.24, 2.45) is 5.92 Å². The summed E-state index contributed by atoms with van der Waals surface area (Å²) in [6.07, 6.45) is 2.07. The highest BCUT2D eigenvalue weighted by molar-refractivity contribution is 7.90. The summed E-state index contributed by atoms with van der Waals surface area (Å²) in [7, 11) is -6.96. The first-order chi connectivity index (χ1) is 15.4. The number of sulfonamides is 2. The van der Waals surface area contributed by atoms with Crippen LogP contribution in [0.25, 0.3) is 0 Å². The third kappa shape index (κ3) is 6.54. The molecular weight excluding hydrogens is 466 g/mol. The van der Waals surface area contributed by atoms with E-state index >= 15 is 0 Å². The van der Waals surface area contributed by atoms with Gasteiger partial charge in [0.05, 0.1) is 22.4 Å². The number of carbonyl (C=O) groups is 1. The SMILES string of the molecule is CC1CN(S(=O)(=O)c2ccc(NC(=O)C3CCC(NS(=O)(=O)C(C)C)CC3)cc2)CC(C)O1. The average Bonchev–Trinajstić information content (AvgIpc) is 2.73. The molecule has 2 atom stereocenters. The molecule has 1 aromatic carbocycles. The summed E-state index contributed by atoms with van der Waals surface area (Å²) in [5, 5.41) is 2.37. The minimum absolute atomic E-state index is 0.133. The van der Waals surface area contributed by atoms with E-state index in [0.29, 0.717) is 44.5 Å². The van der Waals surface area contributed by atoms with Gasteiger partial charge in [0.25, 0.3) is 0 Å². The van der Waals surface area contributed by atoms with Gasteiger partial charge in [-0.25, -0.2) is 21.6 Å². The molecule has 1 aromatic rings. The normalized spacial score (nSPS) is 27.4. The van der Waals surface area contributed by atoms with Crippen molar-refractivity contribution in [3.05, 3.63) is 24.3 Å². The Morgan fingerprint density at radius 1 is 0.970 bits per heavy atom. The second-order valence-corrected chi connectivity index (χ2v) is 13.6. The number of benzene rings is 1. The minimum Gasteiger partial charge on any atom is -0.373 e. The van der Waals surface area contributed by atoms with E-state index in [4.69, 9.17) is 4.74 Å². The maximum absolute atomic E-state index is 13.0. The van der Waals surface area contributed by atoms with Gasteiger partial charge >= 0.3 is 0 Å². The molecule has 0 spiro atoms. The van der Waals surface area contributed by atoms with Crippen LogP contribution in [-0.2, 0) is 29.6 Å². The second kappa shape index (κ2) is 10.4. The fourth-order valence-corrected chi connectivity index (χ4v) is 6.84. The van der Waals surface area contributed by atoms with Crippen LogP contribution in [0.2, 0.25) is 0 Å². The Morgan fingerprint density at radius 2 is 1.52 bits per heavy atom. The predicted molar refractivity (Wildman–Crippen MR) is 127 cm³/mol. The van der Waals surface area contributed by atoms with Crippen LogP contribution in [0.15, 0.2) is 29.2 Å². The molecule has 0 radical (unpaired) electrons. The van der Waals surface area contributed by atoms with Crippen LogP contribution in [0.3, 0.4) is 0 Å². The maximum Gasteiger partial charge on any atom is 0.243 e.